The summed E-state index contributed by atoms with van der Waals surface area (Å²) in [5.41, 5.74) is 0.762. The minimum atomic E-state index is 0.381. The van der Waals surface area contributed by atoms with Gasteiger partial charge in [0.05, 0.1) is 24.0 Å². The van der Waals surface area contributed by atoms with E-state index in [0.29, 0.717) is 11.7 Å². The molecule has 2 rings (SSSR count). The van der Waals surface area contributed by atoms with Gasteiger partial charge in [0, 0.05) is 12.4 Å². The van der Waals surface area contributed by atoms with Gasteiger partial charge in [-0.3, -0.25) is 4.98 Å². The highest BCUT2D eigenvalue weighted by Crippen LogP contribution is 2.02. The van der Waals surface area contributed by atoms with Crippen LogP contribution in [-0.4, -0.2) is 19.7 Å². The molecule has 0 spiro atoms. The summed E-state index contributed by atoms with van der Waals surface area (Å²) in [6, 6.07) is 1.83. The van der Waals surface area contributed by atoms with Crippen LogP contribution in [-0.2, 0) is 5.88 Å². The third-order valence-electron chi connectivity index (χ3n) is 1.57. The van der Waals surface area contributed by atoms with Crippen LogP contribution in [0.1, 0.15) is 5.69 Å². The fraction of sp³-hybridized carbons (Fsp3) is 0.125. The van der Waals surface area contributed by atoms with E-state index in [1.807, 2.05) is 12.3 Å². The zero-order valence-corrected chi connectivity index (χ0v) is 7.52. The van der Waals surface area contributed by atoms with Gasteiger partial charge in [-0.15, -0.1) is 11.6 Å². The summed E-state index contributed by atoms with van der Waals surface area (Å²) < 4.78 is 1.64. The molecule has 0 amide bonds. The van der Waals surface area contributed by atoms with E-state index in [9.17, 15) is 0 Å². The van der Waals surface area contributed by atoms with Crippen molar-refractivity contribution in [2.24, 2.45) is 0 Å². The summed E-state index contributed by atoms with van der Waals surface area (Å²) in [6.07, 6.45) is 6.79. The van der Waals surface area contributed by atoms with E-state index >= 15 is 0 Å². The van der Waals surface area contributed by atoms with E-state index in [2.05, 4.69) is 15.1 Å². The lowest BCUT2D eigenvalue weighted by atomic mass is 10.5. The summed E-state index contributed by atoms with van der Waals surface area (Å²) in [7, 11) is 0. The Morgan fingerprint density at radius 1 is 1.31 bits per heavy atom. The molecule has 0 saturated carbocycles. The first-order valence-corrected chi connectivity index (χ1v) is 4.30. The zero-order chi connectivity index (χ0) is 9.10. The molecule has 2 heterocycles. The Morgan fingerprint density at radius 3 is 2.77 bits per heavy atom. The van der Waals surface area contributed by atoms with Crippen molar-refractivity contribution in [1.82, 2.24) is 19.7 Å². The number of nitrogens with zero attached hydrogens (tertiary/aromatic N) is 4. The minimum Gasteiger partial charge on any atom is -0.254 e. The molecule has 0 aliphatic rings. The number of alkyl halides is 1. The maximum absolute atomic E-state index is 5.58. The van der Waals surface area contributed by atoms with Gasteiger partial charge in [0.1, 0.15) is 0 Å². The van der Waals surface area contributed by atoms with Gasteiger partial charge in [-0.1, -0.05) is 0 Å². The average molecular weight is 195 g/mol. The van der Waals surface area contributed by atoms with Gasteiger partial charge >= 0.3 is 0 Å². The Bertz CT molecular complexity index is 368. The molecule has 0 saturated heterocycles. The monoisotopic (exact) mass is 194 g/mol. The molecule has 5 heteroatoms. The molecule has 0 fully saturated rings. The molecule has 66 valence electrons. The van der Waals surface area contributed by atoms with Gasteiger partial charge < -0.3 is 0 Å². The molecule has 0 radical (unpaired) electrons. The lowest BCUT2D eigenvalue weighted by molar-refractivity contribution is 0.832. The molecule has 2 aromatic rings. The van der Waals surface area contributed by atoms with Crippen molar-refractivity contribution in [2.75, 3.05) is 0 Å². The fourth-order valence-electron chi connectivity index (χ4n) is 0.940. The van der Waals surface area contributed by atoms with E-state index in [1.54, 1.807) is 23.3 Å². The Hall–Kier alpha value is -1.42. The Kier molecular flexibility index (Phi) is 2.23. The van der Waals surface area contributed by atoms with Crippen molar-refractivity contribution >= 4 is 11.6 Å². The standard InChI is InChI=1S/C8H7ClN4/c9-4-7-5-11-8(6-10-7)13-3-1-2-12-13/h1-3,5-6H,4H2. The zero-order valence-electron chi connectivity index (χ0n) is 6.76. The molecular formula is C8H7ClN4. The van der Waals surface area contributed by atoms with Gasteiger partial charge in [0.2, 0.25) is 0 Å². The van der Waals surface area contributed by atoms with Crippen LogP contribution < -0.4 is 0 Å². The van der Waals surface area contributed by atoms with Gasteiger partial charge in [0.15, 0.2) is 5.82 Å². The first-order valence-electron chi connectivity index (χ1n) is 3.77. The molecule has 0 aromatic carbocycles. The predicted octanol–water partition coefficient (Wildman–Crippen LogP) is 1.40. The van der Waals surface area contributed by atoms with Crippen LogP contribution in [0.5, 0.6) is 0 Å². The van der Waals surface area contributed by atoms with Crippen molar-refractivity contribution in [2.45, 2.75) is 5.88 Å². The summed E-state index contributed by atoms with van der Waals surface area (Å²) in [5, 5.41) is 4.02. The Balaban J connectivity index is 2.33. The minimum absolute atomic E-state index is 0.381. The van der Waals surface area contributed by atoms with Gasteiger partial charge in [-0.05, 0) is 6.07 Å². The topological polar surface area (TPSA) is 43.6 Å². The van der Waals surface area contributed by atoms with Gasteiger partial charge in [-0.2, -0.15) is 5.10 Å². The smallest absolute Gasteiger partial charge is 0.171 e. The highest BCUT2D eigenvalue weighted by atomic mass is 35.5. The normalized spacial score (nSPS) is 10.2. The summed E-state index contributed by atoms with van der Waals surface area (Å²) in [4.78, 5) is 8.24. The van der Waals surface area contributed by atoms with Gasteiger partial charge in [0.25, 0.3) is 0 Å². The van der Waals surface area contributed by atoms with Crippen LogP contribution in [0.4, 0.5) is 0 Å². The molecular weight excluding hydrogens is 188 g/mol. The number of hydrogen-bond donors (Lipinski definition) is 0. The van der Waals surface area contributed by atoms with E-state index in [1.165, 1.54) is 0 Å². The molecule has 13 heavy (non-hydrogen) atoms. The summed E-state index contributed by atoms with van der Waals surface area (Å²) in [6.45, 7) is 0. The third kappa shape index (κ3) is 1.67. The van der Waals surface area contributed by atoms with Crippen LogP contribution in [0.3, 0.4) is 0 Å². The number of rotatable bonds is 2. The third-order valence-corrected chi connectivity index (χ3v) is 1.84. The van der Waals surface area contributed by atoms with Crippen LogP contribution in [0.2, 0.25) is 0 Å². The number of aromatic nitrogens is 4. The van der Waals surface area contributed by atoms with Crippen molar-refractivity contribution in [1.29, 1.82) is 0 Å². The summed E-state index contributed by atoms with van der Waals surface area (Å²) >= 11 is 5.58. The van der Waals surface area contributed by atoms with Crippen LogP contribution in [0.15, 0.2) is 30.9 Å². The van der Waals surface area contributed by atoms with E-state index in [4.69, 9.17) is 11.6 Å². The van der Waals surface area contributed by atoms with Crippen molar-refractivity contribution < 1.29 is 0 Å². The maximum atomic E-state index is 5.58. The first kappa shape index (κ1) is 8.19. The SMILES string of the molecule is ClCc1cnc(-n2cccn2)cn1. The maximum Gasteiger partial charge on any atom is 0.171 e. The highest BCUT2D eigenvalue weighted by Gasteiger charge is 1.97. The van der Waals surface area contributed by atoms with Crippen molar-refractivity contribution in [3.63, 3.8) is 0 Å². The second-order valence-electron chi connectivity index (χ2n) is 2.45. The van der Waals surface area contributed by atoms with Crippen LogP contribution >= 0.6 is 11.6 Å². The number of hydrogen-bond acceptors (Lipinski definition) is 3. The number of halogens is 1. The molecule has 0 aliphatic heterocycles. The highest BCUT2D eigenvalue weighted by molar-refractivity contribution is 6.16. The molecule has 0 unspecified atom stereocenters. The lowest BCUT2D eigenvalue weighted by Gasteiger charge is -1.99. The first-order chi connectivity index (χ1) is 6.40. The van der Waals surface area contributed by atoms with Crippen LogP contribution in [0.25, 0.3) is 5.82 Å². The molecule has 4 nitrogen and oxygen atoms in total. The van der Waals surface area contributed by atoms with Crippen molar-refractivity contribution in [3.05, 3.63) is 36.5 Å². The predicted molar refractivity (Wildman–Crippen MR) is 48.7 cm³/mol. The average Bonchev–Trinajstić information content (AvgIpc) is 2.71. The Morgan fingerprint density at radius 2 is 2.23 bits per heavy atom. The lowest BCUT2D eigenvalue weighted by Crippen LogP contribution is -1.99. The Labute approximate surface area is 80.2 Å². The van der Waals surface area contributed by atoms with Crippen molar-refractivity contribution in [3.8, 4) is 5.82 Å². The fourth-order valence-corrected chi connectivity index (χ4v) is 1.08. The quantitative estimate of drug-likeness (QED) is 0.679. The molecule has 0 atom stereocenters. The molecule has 0 bridgehead atoms. The summed E-state index contributed by atoms with van der Waals surface area (Å²) in [5.74, 6) is 1.07. The van der Waals surface area contributed by atoms with Crippen LogP contribution in [0, 0.1) is 0 Å². The largest absolute Gasteiger partial charge is 0.254 e. The van der Waals surface area contributed by atoms with E-state index in [-0.39, 0.29) is 0 Å². The second kappa shape index (κ2) is 3.53. The molecule has 0 N–H and O–H groups in total. The second-order valence-corrected chi connectivity index (χ2v) is 2.72. The molecule has 2 aromatic heterocycles. The molecule has 0 aliphatic carbocycles. The van der Waals surface area contributed by atoms with E-state index in [0.717, 1.165) is 5.69 Å². The van der Waals surface area contributed by atoms with E-state index < -0.39 is 0 Å². The van der Waals surface area contributed by atoms with Gasteiger partial charge in [-0.25, -0.2) is 9.67 Å².